The van der Waals surface area contributed by atoms with Crippen molar-refractivity contribution in [2.45, 2.75) is 12.5 Å². The van der Waals surface area contributed by atoms with Crippen LogP contribution in [0.5, 0.6) is 0 Å². The fourth-order valence-electron chi connectivity index (χ4n) is 1.13. The van der Waals surface area contributed by atoms with Gasteiger partial charge in [0.15, 0.2) is 0 Å². The molecular weight excluding hydrogens is 230 g/mol. The van der Waals surface area contributed by atoms with E-state index in [2.05, 4.69) is 21.2 Å². The number of benzene rings is 1. The van der Waals surface area contributed by atoms with Gasteiger partial charge in [0.05, 0.1) is 12.1 Å². The average Bonchev–Trinajstić information content (AvgIpc) is 2.18. The summed E-state index contributed by atoms with van der Waals surface area (Å²) in [7, 11) is 1.85. The molecule has 0 spiro atoms. The van der Waals surface area contributed by atoms with Crippen LogP contribution in [-0.2, 0) is 5.54 Å². The first-order valence-corrected chi connectivity index (χ1v) is 4.97. The Balaban J connectivity index is 2.99. The minimum absolute atomic E-state index is 0.0884. The van der Waals surface area contributed by atoms with Crippen LogP contribution in [0.1, 0.15) is 12.5 Å². The van der Waals surface area contributed by atoms with Gasteiger partial charge in [-0.3, -0.25) is 0 Å². The first kappa shape index (κ1) is 10.7. The summed E-state index contributed by atoms with van der Waals surface area (Å²) in [6.07, 6.45) is 0. The van der Waals surface area contributed by atoms with Crippen LogP contribution >= 0.6 is 15.9 Å². The summed E-state index contributed by atoms with van der Waals surface area (Å²) in [5, 5.41) is 12.3. The van der Waals surface area contributed by atoms with Crippen LogP contribution in [0.2, 0.25) is 0 Å². The molecule has 13 heavy (non-hydrogen) atoms. The van der Waals surface area contributed by atoms with Crippen molar-refractivity contribution in [3.05, 3.63) is 34.3 Å². The van der Waals surface area contributed by atoms with Crippen molar-refractivity contribution in [3.63, 3.8) is 0 Å². The zero-order valence-corrected chi connectivity index (χ0v) is 9.43. The molecule has 72 valence electrons. The molecule has 0 aliphatic carbocycles. The first-order valence-electron chi connectivity index (χ1n) is 4.18. The average molecular weight is 244 g/mol. The van der Waals surface area contributed by atoms with Crippen LogP contribution in [-0.4, -0.2) is 18.8 Å². The van der Waals surface area contributed by atoms with E-state index in [4.69, 9.17) is 0 Å². The smallest absolute Gasteiger partial charge is 0.0652 e. The Morgan fingerprint density at radius 3 is 2.31 bits per heavy atom. The van der Waals surface area contributed by atoms with Crippen LogP contribution in [0, 0.1) is 0 Å². The lowest BCUT2D eigenvalue weighted by molar-refractivity contribution is 0.183. The SMILES string of the molecule is CN[C@@](C)(CO)c1ccc(Br)cc1. The summed E-state index contributed by atoms with van der Waals surface area (Å²) in [6, 6.07) is 7.94. The van der Waals surface area contributed by atoms with Crippen molar-refractivity contribution in [1.29, 1.82) is 0 Å². The van der Waals surface area contributed by atoms with Crippen molar-refractivity contribution in [2.75, 3.05) is 13.7 Å². The zero-order valence-electron chi connectivity index (χ0n) is 7.84. The Kier molecular flexibility index (Phi) is 3.47. The fraction of sp³-hybridized carbons (Fsp3) is 0.400. The number of nitrogens with one attached hydrogen (secondary N) is 1. The summed E-state index contributed by atoms with van der Waals surface area (Å²) in [6.45, 7) is 2.06. The maximum absolute atomic E-state index is 9.23. The Labute approximate surface area is 87.1 Å². The van der Waals surface area contributed by atoms with Gasteiger partial charge in [0.25, 0.3) is 0 Å². The number of halogens is 1. The lowest BCUT2D eigenvalue weighted by atomic mass is 9.93. The molecule has 0 aliphatic rings. The molecular formula is C10H14BrNO. The van der Waals surface area contributed by atoms with E-state index >= 15 is 0 Å². The molecule has 0 fully saturated rings. The van der Waals surface area contributed by atoms with Crippen molar-refractivity contribution in [3.8, 4) is 0 Å². The molecule has 0 saturated carbocycles. The Bertz CT molecular complexity index is 267. The molecule has 0 bridgehead atoms. The number of aliphatic hydroxyl groups is 1. The molecule has 0 radical (unpaired) electrons. The van der Waals surface area contributed by atoms with Gasteiger partial charge in [-0.05, 0) is 31.7 Å². The molecule has 1 rings (SSSR count). The largest absolute Gasteiger partial charge is 0.394 e. The van der Waals surface area contributed by atoms with Crippen molar-refractivity contribution < 1.29 is 5.11 Å². The highest BCUT2D eigenvalue weighted by atomic mass is 79.9. The molecule has 2 nitrogen and oxygen atoms in total. The molecule has 0 heterocycles. The molecule has 1 aromatic carbocycles. The number of hydrogen-bond acceptors (Lipinski definition) is 2. The van der Waals surface area contributed by atoms with Gasteiger partial charge in [0, 0.05) is 4.47 Å². The fourth-order valence-corrected chi connectivity index (χ4v) is 1.40. The summed E-state index contributed by atoms with van der Waals surface area (Å²) in [5.41, 5.74) is 0.737. The van der Waals surface area contributed by atoms with Crippen molar-refractivity contribution in [2.24, 2.45) is 0 Å². The first-order chi connectivity index (χ1) is 6.12. The Morgan fingerprint density at radius 1 is 1.38 bits per heavy atom. The molecule has 2 N–H and O–H groups in total. The number of hydrogen-bond donors (Lipinski definition) is 2. The maximum Gasteiger partial charge on any atom is 0.0652 e. The predicted molar refractivity (Wildman–Crippen MR) is 57.6 cm³/mol. The van der Waals surface area contributed by atoms with Gasteiger partial charge in [0.1, 0.15) is 0 Å². The molecule has 1 aromatic rings. The molecule has 0 amide bonds. The van der Waals surface area contributed by atoms with Crippen LogP contribution in [0.15, 0.2) is 28.7 Å². The van der Waals surface area contributed by atoms with Gasteiger partial charge < -0.3 is 10.4 Å². The molecule has 0 saturated heterocycles. The zero-order chi connectivity index (χ0) is 9.90. The predicted octanol–water partition coefficient (Wildman–Crippen LogP) is 1.88. The third-order valence-electron chi connectivity index (χ3n) is 2.35. The van der Waals surface area contributed by atoms with Gasteiger partial charge in [-0.1, -0.05) is 28.1 Å². The standard InChI is InChI=1S/C10H14BrNO/c1-10(7-13,12-2)8-3-5-9(11)6-4-8/h3-6,12-13H,7H2,1-2H3/t10-/m0/s1. The van der Waals surface area contributed by atoms with E-state index in [-0.39, 0.29) is 12.1 Å². The van der Waals surface area contributed by atoms with Gasteiger partial charge in [-0.2, -0.15) is 0 Å². The molecule has 0 unspecified atom stereocenters. The summed E-state index contributed by atoms with van der Waals surface area (Å²) >= 11 is 3.37. The normalized spacial score (nSPS) is 15.4. The monoisotopic (exact) mass is 243 g/mol. The third kappa shape index (κ3) is 2.30. The summed E-state index contributed by atoms with van der Waals surface area (Å²) < 4.78 is 1.05. The number of likely N-dealkylation sites (N-methyl/N-ethyl adjacent to an activating group) is 1. The van der Waals surface area contributed by atoms with Gasteiger partial charge in [-0.25, -0.2) is 0 Å². The van der Waals surface area contributed by atoms with Crippen LogP contribution < -0.4 is 5.32 Å². The van der Waals surface area contributed by atoms with Gasteiger partial charge in [-0.15, -0.1) is 0 Å². The van der Waals surface area contributed by atoms with E-state index in [9.17, 15) is 5.11 Å². The minimum atomic E-state index is -0.347. The van der Waals surface area contributed by atoms with Crippen molar-refractivity contribution >= 4 is 15.9 Å². The molecule has 1 atom stereocenters. The lowest BCUT2D eigenvalue weighted by Gasteiger charge is -2.27. The maximum atomic E-state index is 9.23. The van der Waals surface area contributed by atoms with Gasteiger partial charge >= 0.3 is 0 Å². The van der Waals surface area contributed by atoms with E-state index in [0.717, 1.165) is 10.0 Å². The van der Waals surface area contributed by atoms with Crippen LogP contribution in [0.3, 0.4) is 0 Å². The van der Waals surface area contributed by atoms with Crippen LogP contribution in [0.4, 0.5) is 0 Å². The van der Waals surface area contributed by atoms with E-state index in [1.54, 1.807) is 0 Å². The summed E-state index contributed by atoms with van der Waals surface area (Å²) in [4.78, 5) is 0. The highest BCUT2D eigenvalue weighted by molar-refractivity contribution is 9.10. The van der Waals surface area contributed by atoms with E-state index in [1.807, 2.05) is 38.2 Å². The number of rotatable bonds is 3. The second kappa shape index (κ2) is 4.22. The quantitative estimate of drug-likeness (QED) is 0.850. The molecule has 3 heteroatoms. The summed E-state index contributed by atoms with van der Waals surface area (Å²) in [5.74, 6) is 0. The van der Waals surface area contributed by atoms with E-state index in [1.165, 1.54) is 0 Å². The lowest BCUT2D eigenvalue weighted by Crippen LogP contribution is -2.40. The molecule has 0 aliphatic heterocycles. The highest BCUT2D eigenvalue weighted by Gasteiger charge is 2.22. The molecule has 0 aromatic heterocycles. The highest BCUT2D eigenvalue weighted by Crippen LogP contribution is 2.21. The van der Waals surface area contributed by atoms with E-state index < -0.39 is 0 Å². The second-order valence-corrected chi connectivity index (χ2v) is 4.16. The van der Waals surface area contributed by atoms with Crippen LogP contribution in [0.25, 0.3) is 0 Å². The van der Waals surface area contributed by atoms with Gasteiger partial charge in [0.2, 0.25) is 0 Å². The number of aliphatic hydroxyl groups excluding tert-OH is 1. The second-order valence-electron chi connectivity index (χ2n) is 3.25. The topological polar surface area (TPSA) is 32.3 Å². The van der Waals surface area contributed by atoms with E-state index in [0.29, 0.717) is 0 Å². The Hall–Kier alpha value is -0.380. The Morgan fingerprint density at radius 2 is 1.92 bits per heavy atom. The third-order valence-corrected chi connectivity index (χ3v) is 2.88. The minimum Gasteiger partial charge on any atom is -0.394 e. The van der Waals surface area contributed by atoms with Crippen molar-refractivity contribution in [1.82, 2.24) is 5.32 Å².